The van der Waals surface area contributed by atoms with Crippen LogP contribution in [0.3, 0.4) is 0 Å². The molecule has 0 amide bonds. The lowest BCUT2D eigenvalue weighted by Crippen LogP contribution is -1.85. The number of rotatable bonds is 2. The Morgan fingerprint density at radius 3 is 2.67 bits per heavy atom. The van der Waals surface area contributed by atoms with Crippen LogP contribution in [0.15, 0.2) is 61.1 Å². The summed E-state index contributed by atoms with van der Waals surface area (Å²) in [4.78, 5) is 16.5. The summed E-state index contributed by atoms with van der Waals surface area (Å²) in [5, 5.41) is 8.43. The number of benzene rings is 1. The fourth-order valence-corrected chi connectivity index (χ4v) is 2.84. The van der Waals surface area contributed by atoms with Crippen molar-refractivity contribution in [2.75, 3.05) is 0 Å². The molecule has 4 aromatic heterocycles. The largest absolute Gasteiger partial charge is 0.337 e. The zero-order valence-corrected chi connectivity index (χ0v) is 12.6. The zero-order chi connectivity index (χ0) is 15.9. The molecular formula is C18H12N6. The molecule has 2 N–H and O–H groups in total. The Hall–Kier alpha value is -3.54. The van der Waals surface area contributed by atoms with Gasteiger partial charge in [0.1, 0.15) is 5.69 Å². The van der Waals surface area contributed by atoms with E-state index in [1.54, 1.807) is 18.6 Å². The van der Waals surface area contributed by atoms with Gasteiger partial charge in [-0.15, -0.1) is 0 Å². The highest BCUT2D eigenvalue weighted by Crippen LogP contribution is 2.28. The highest BCUT2D eigenvalue weighted by molar-refractivity contribution is 5.94. The summed E-state index contributed by atoms with van der Waals surface area (Å²) >= 11 is 0. The number of fused-ring (bicyclic) bond motifs is 2. The van der Waals surface area contributed by atoms with E-state index in [-0.39, 0.29) is 0 Å². The van der Waals surface area contributed by atoms with Crippen LogP contribution in [0.2, 0.25) is 0 Å². The molecule has 6 nitrogen and oxygen atoms in total. The molecule has 0 fully saturated rings. The molecule has 0 atom stereocenters. The van der Waals surface area contributed by atoms with Crippen LogP contribution < -0.4 is 0 Å². The molecule has 24 heavy (non-hydrogen) atoms. The Kier molecular flexibility index (Phi) is 2.69. The Labute approximate surface area is 136 Å². The smallest absolute Gasteiger partial charge is 0.159 e. The van der Waals surface area contributed by atoms with Gasteiger partial charge in [0.2, 0.25) is 0 Å². The lowest BCUT2D eigenvalue weighted by Gasteiger charge is -2.00. The quantitative estimate of drug-likeness (QED) is 0.522. The first-order valence-electron chi connectivity index (χ1n) is 7.58. The minimum absolute atomic E-state index is 0.745. The maximum Gasteiger partial charge on any atom is 0.159 e. The van der Waals surface area contributed by atoms with Gasteiger partial charge in [-0.1, -0.05) is 12.1 Å². The molecule has 5 rings (SSSR count). The van der Waals surface area contributed by atoms with Crippen LogP contribution in [-0.4, -0.2) is 30.1 Å². The Balaban J connectivity index is 1.71. The van der Waals surface area contributed by atoms with Crippen molar-refractivity contribution in [2.24, 2.45) is 0 Å². The van der Waals surface area contributed by atoms with E-state index in [1.807, 2.05) is 42.5 Å². The maximum atomic E-state index is 4.64. The number of hydrogen-bond donors (Lipinski definition) is 2. The summed E-state index contributed by atoms with van der Waals surface area (Å²) in [6.07, 6.45) is 5.32. The normalized spacial score (nSPS) is 11.3. The number of nitrogens with zero attached hydrogens (tertiary/aromatic N) is 4. The van der Waals surface area contributed by atoms with Gasteiger partial charge in [-0.3, -0.25) is 15.1 Å². The molecule has 0 bridgehead atoms. The van der Waals surface area contributed by atoms with E-state index in [2.05, 4.69) is 30.1 Å². The minimum atomic E-state index is 0.745. The van der Waals surface area contributed by atoms with Gasteiger partial charge < -0.3 is 4.98 Å². The number of hydrogen-bond acceptors (Lipinski definition) is 4. The number of pyridine rings is 2. The lowest BCUT2D eigenvalue weighted by molar-refractivity contribution is 1.10. The molecule has 0 unspecified atom stereocenters. The highest BCUT2D eigenvalue weighted by Gasteiger charge is 2.13. The Bertz CT molecular complexity index is 1120. The van der Waals surface area contributed by atoms with Crippen molar-refractivity contribution in [1.82, 2.24) is 30.1 Å². The van der Waals surface area contributed by atoms with Gasteiger partial charge >= 0.3 is 0 Å². The second-order valence-corrected chi connectivity index (χ2v) is 5.53. The van der Waals surface area contributed by atoms with Crippen LogP contribution in [0, 0.1) is 0 Å². The van der Waals surface area contributed by atoms with Crippen molar-refractivity contribution in [3.8, 4) is 22.8 Å². The number of para-hydroxylation sites is 2. The molecule has 0 aliphatic heterocycles. The average Bonchev–Trinajstić information content (AvgIpc) is 3.25. The van der Waals surface area contributed by atoms with Crippen molar-refractivity contribution < 1.29 is 0 Å². The predicted molar refractivity (Wildman–Crippen MR) is 92.2 cm³/mol. The molecule has 4 heterocycles. The minimum Gasteiger partial charge on any atom is -0.337 e. The molecule has 0 aliphatic rings. The third kappa shape index (κ3) is 1.97. The summed E-state index contributed by atoms with van der Waals surface area (Å²) < 4.78 is 0. The molecular weight excluding hydrogens is 300 g/mol. The SMILES string of the molecule is c1ccc2[nH]c(-c3n[nH]c4cnc(-c5ccncc5)cc34)nc2c1. The fraction of sp³-hybridized carbons (Fsp3) is 0. The van der Waals surface area contributed by atoms with Gasteiger partial charge in [0.05, 0.1) is 28.4 Å². The summed E-state index contributed by atoms with van der Waals surface area (Å²) in [6.45, 7) is 0. The summed E-state index contributed by atoms with van der Waals surface area (Å²) in [7, 11) is 0. The fourth-order valence-electron chi connectivity index (χ4n) is 2.84. The van der Waals surface area contributed by atoms with E-state index >= 15 is 0 Å². The van der Waals surface area contributed by atoms with Crippen LogP contribution in [0.4, 0.5) is 0 Å². The van der Waals surface area contributed by atoms with Crippen LogP contribution in [0.25, 0.3) is 44.7 Å². The van der Waals surface area contributed by atoms with Crippen LogP contribution in [-0.2, 0) is 0 Å². The molecule has 0 saturated heterocycles. The van der Waals surface area contributed by atoms with Gasteiger partial charge in [-0.05, 0) is 30.3 Å². The summed E-state index contributed by atoms with van der Waals surface area (Å²) in [5.41, 5.74) is 5.48. The number of H-pyrrole nitrogens is 2. The first-order valence-corrected chi connectivity index (χ1v) is 7.58. The number of aromatic nitrogens is 6. The molecule has 0 radical (unpaired) electrons. The first kappa shape index (κ1) is 13.0. The van der Waals surface area contributed by atoms with Crippen LogP contribution in [0.1, 0.15) is 0 Å². The number of aromatic amines is 2. The van der Waals surface area contributed by atoms with Gasteiger partial charge in [0, 0.05) is 23.3 Å². The topological polar surface area (TPSA) is 83.1 Å². The first-order chi connectivity index (χ1) is 11.9. The predicted octanol–water partition coefficient (Wildman–Crippen LogP) is 3.56. The average molecular weight is 312 g/mol. The zero-order valence-electron chi connectivity index (χ0n) is 12.6. The van der Waals surface area contributed by atoms with Gasteiger partial charge in [-0.2, -0.15) is 5.10 Å². The second-order valence-electron chi connectivity index (χ2n) is 5.53. The Morgan fingerprint density at radius 1 is 0.917 bits per heavy atom. The Morgan fingerprint density at radius 2 is 1.79 bits per heavy atom. The number of imidazole rings is 1. The van der Waals surface area contributed by atoms with E-state index < -0.39 is 0 Å². The molecule has 0 saturated carbocycles. The van der Waals surface area contributed by atoms with Crippen LogP contribution >= 0.6 is 0 Å². The van der Waals surface area contributed by atoms with Crippen molar-refractivity contribution in [3.05, 3.63) is 61.1 Å². The summed E-state index contributed by atoms with van der Waals surface area (Å²) in [6, 6.07) is 13.8. The van der Waals surface area contributed by atoms with E-state index in [9.17, 15) is 0 Å². The van der Waals surface area contributed by atoms with Crippen molar-refractivity contribution in [2.45, 2.75) is 0 Å². The molecule has 0 spiro atoms. The number of nitrogens with one attached hydrogen (secondary N) is 2. The molecule has 0 aliphatic carbocycles. The highest BCUT2D eigenvalue weighted by atomic mass is 15.1. The van der Waals surface area contributed by atoms with Crippen molar-refractivity contribution in [1.29, 1.82) is 0 Å². The standard InChI is InChI=1S/C18H12N6/c1-2-4-14-13(3-1)21-18(22-14)17-12-9-15(11-5-7-19-8-6-11)20-10-16(12)23-24-17/h1-10H,(H,21,22)(H,23,24). The van der Waals surface area contributed by atoms with Gasteiger partial charge in [0.25, 0.3) is 0 Å². The molecule has 114 valence electrons. The third-order valence-corrected chi connectivity index (χ3v) is 4.04. The monoisotopic (exact) mass is 312 g/mol. The second kappa shape index (κ2) is 4.99. The lowest BCUT2D eigenvalue weighted by atomic mass is 10.1. The maximum absolute atomic E-state index is 4.64. The van der Waals surface area contributed by atoms with Gasteiger partial charge in [-0.25, -0.2) is 4.98 Å². The molecule has 5 aromatic rings. The van der Waals surface area contributed by atoms with E-state index in [0.717, 1.165) is 44.7 Å². The molecule has 6 heteroatoms. The molecule has 1 aromatic carbocycles. The van der Waals surface area contributed by atoms with Crippen molar-refractivity contribution >= 4 is 21.9 Å². The third-order valence-electron chi connectivity index (χ3n) is 4.04. The van der Waals surface area contributed by atoms with Crippen LogP contribution in [0.5, 0.6) is 0 Å². The van der Waals surface area contributed by atoms with Crippen molar-refractivity contribution in [3.63, 3.8) is 0 Å². The van der Waals surface area contributed by atoms with E-state index in [0.29, 0.717) is 0 Å². The van der Waals surface area contributed by atoms with E-state index in [1.165, 1.54) is 0 Å². The van der Waals surface area contributed by atoms with E-state index in [4.69, 9.17) is 0 Å². The summed E-state index contributed by atoms with van der Waals surface area (Å²) in [5.74, 6) is 0.745. The van der Waals surface area contributed by atoms with Gasteiger partial charge in [0.15, 0.2) is 5.82 Å².